The van der Waals surface area contributed by atoms with Crippen LogP contribution >= 0.6 is 0 Å². The van der Waals surface area contributed by atoms with Gasteiger partial charge in [0.2, 0.25) is 0 Å². The van der Waals surface area contributed by atoms with E-state index >= 15 is 0 Å². The Morgan fingerprint density at radius 2 is 1.85 bits per heavy atom. The Bertz CT molecular complexity index is 562. The van der Waals surface area contributed by atoms with Gasteiger partial charge in [-0.1, -0.05) is 42.5 Å². The molecule has 2 rings (SSSR count). The van der Waals surface area contributed by atoms with E-state index in [-0.39, 0.29) is 6.61 Å². The molecule has 0 heterocycles. The fourth-order valence-corrected chi connectivity index (χ4v) is 1.82. The first kappa shape index (κ1) is 14.2. The zero-order valence-corrected chi connectivity index (χ0v) is 11.5. The summed E-state index contributed by atoms with van der Waals surface area (Å²) in [6, 6.07) is 15.5. The largest absolute Gasteiger partial charge is 0.493 e. The average Bonchev–Trinajstić information content (AvgIpc) is 2.52. The number of rotatable bonds is 6. The standard InChI is InChI=1S/C17H18O3/c1-19-17-12-15(13-18)9-10-16(17)20-11-5-8-14-6-3-2-4-7-14/h2-10,12,18H,11,13H2,1H3/b8-5+. The van der Waals surface area contributed by atoms with Crippen LogP contribution in [-0.4, -0.2) is 18.8 Å². The van der Waals surface area contributed by atoms with Crippen LogP contribution in [0.25, 0.3) is 6.08 Å². The van der Waals surface area contributed by atoms with Gasteiger partial charge in [0.05, 0.1) is 13.7 Å². The smallest absolute Gasteiger partial charge is 0.161 e. The molecule has 0 aliphatic carbocycles. The van der Waals surface area contributed by atoms with Gasteiger partial charge in [-0.15, -0.1) is 0 Å². The summed E-state index contributed by atoms with van der Waals surface area (Å²) in [5.41, 5.74) is 1.94. The third kappa shape index (κ3) is 3.87. The van der Waals surface area contributed by atoms with Gasteiger partial charge in [0, 0.05) is 0 Å². The van der Waals surface area contributed by atoms with Crippen molar-refractivity contribution in [3.63, 3.8) is 0 Å². The molecule has 1 N–H and O–H groups in total. The van der Waals surface area contributed by atoms with Gasteiger partial charge >= 0.3 is 0 Å². The number of aliphatic hydroxyl groups excluding tert-OH is 1. The van der Waals surface area contributed by atoms with E-state index < -0.39 is 0 Å². The van der Waals surface area contributed by atoms with E-state index in [1.807, 2.05) is 48.6 Å². The molecule has 0 fully saturated rings. The van der Waals surface area contributed by atoms with E-state index in [1.165, 1.54) is 0 Å². The Hall–Kier alpha value is -2.26. The van der Waals surface area contributed by atoms with Gasteiger partial charge < -0.3 is 14.6 Å². The van der Waals surface area contributed by atoms with Crippen LogP contribution < -0.4 is 9.47 Å². The lowest BCUT2D eigenvalue weighted by molar-refractivity contribution is 0.279. The third-order valence-electron chi connectivity index (χ3n) is 2.86. The summed E-state index contributed by atoms with van der Waals surface area (Å²) >= 11 is 0. The van der Waals surface area contributed by atoms with Gasteiger partial charge in [0.15, 0.2) is 11.5 Å². The van der Waals surface area contributed by atoms with E-state index in [0.29, 0.717) is 18.1 Å². The van der Waals surface area contributed by atoms with E-state index in [9.17, 15) is 0 Å². The molecule has 0 atom stereocenters. The number of hydrogen-bond acceptors (Lipinski definition) is 3. The average molecular weight is 270 g/mol. The Kier molecular flexibility index (Phi) is 5.21. The predicted octanol–water partition coefficient (Wildman–Crippen LogP) is 3.28. The van der Waals surface area contributed by atoms with Crippen LogP contribution in [0.3, 0.4) is 0 Å². The van der Waals surface area contributed by atoms with Crippen LogP contribution in [0.15, 0.2) is 54.6 Å². The lowest BCUT2D eigenvalue weighted by atomic mass is 10.2. The number of methoxy groups -OCH3 is 1. The molecule has 0 spiro atoms. The van der Waals surface area contributed by atoms with Crippen molar-refractivity contribution < 1.29 is 14.6 Å². The van der Waals surface area contributed by atoms with Crippen LogP contribution in [0.5, 0.6) is 11.5 Å². The number of benzene rings is 2. The highest BCUT2D eigenvalue weighted by Crippen LogP contribution is 2.28. The highest BCUT2D eigenvalue weighted by molar-refractivity contribution is 5.49. The monoisotopic (exact) mass is 270 g/mol. The third-order valence-corrected chi connectivity index (χ3v) is 2.86. The Balaban J connectivity index is 1.95. The molecule has 0 saturated carbocycles. The van der Waals surface area contributed by atoms with Crippen molar-refractivity contribution in [3.05, 3.63) is 65.7 Å². The van der Waals surface area contributed by atoms with Gasteiger partial charge in [-0.05, 0) is 29.3 Å². The fourth-order valence-electron chi connectivity index (χ4n) is 1.82. The summed E-state index contributed by atoms with van der Waals surface area (Å²) in [7, 11) is 1.59. The summed E-state index contributed by atoms with van der Waals surface area (Å²) in [4.78, 5) is 0. The molecule has 0 aromatic heterocycles. The lowest BCUT2D eigenvalue weighted by Crippen LogP contribution is -1.97. The molecule has 0 radical (unpaired) electrons. The number of hydrogen-bond donors (Lipinski definition) is 1. The summed E-state index contributed by atoms with van der Waals surface area (Å²) in [6.07, 6.45) is 3.96. The molecule has 104 valence electrons. The quantitative estimate of drug-likeness (QED) is 0.875. The Labute approximate surface area is 119 Å². The van der Waals surface area contributed by atoms with E-state index in [4.69, 9.17) is 14.6 Å². The van der Waals surface area contributed by atoms with Crippen molar-refractivity contribution >= 4 is 6.08 Å². The van der Waals surface area contributed by atoms with Crippen LogP contribution in [0.1, 0.15) is 11.1 Å². The fraction of sp³-hybridized carbons (Fsp3) is 0.176. The first-order chi connectivity index (χ1) is 9.83. The van der Waals surface area contributed by atoms with Gasteiger partial charge in [-0.2, -0.15) is 0 Å². The van der Waals surface area contributed by atoms with Crippen LogP contribution in [0, 0.1) is 0 Å². The summed E-state index contributed by atoms with van der Waals surface area (Å²) in [5, 5.41) is 9.08. The normalized spacial score (nSPS) is 10.7. The zero-order chi connectivity index (χ0) is 14.2. The summed E-state index contributed by atoms with van der Waals surface area (Å²) in [6.45, 7) is 0.453. The second-order valence-electron chi connectivity index (χ2n) is 4.27. The van der Waals surface area contributed by atoms with Gasteiger partial charge in [0.25, 0.3) is 0 Å². The van der Waals surface area contributed by atoms with Crippen molar-refractivity contribution in [1.82, 2.24) is 0 Å². The topological polar surface area (TPSA) is 38.7 Å². The molecule has 0 bridgehead atoms. The maximum absolute atomic E-state index is 9.08. The molecule has 3 heteroatoms. The predicted molar refractivity (Wildman–Crippen MR) is 79.9 cm³/mol. The zero-order valence-electron chi connectivity index (χ0n) is 11.5. The lowest BCUT2D eigenvalue weighted by Gasteiger charge is -2.10. The summed E-state index contributed by atoms with van der Waals surface area (Å²) < 4.78 is 10.9. The van der Waals surface area contributed by atoms with E-state index in [1.54, 1.807) is 19.2 Å². The van der Waals surface area contributed by atoms with Crippen LogP contribution in [0.4, 0.5) is 0 Å². The van der Waals surface area contributed by atoms with E-state index in [2.05, 4.69) is 0 Å². The van der Waals surface area contributed by atoms with Crippen molar-refractivity contribution in [2.24, 2.45) is 0 Å². The van der Waals surface area contributed by atoms with Crippen LogP contribution in [-0.2, 0) is 6.61 Å². The maximum atomic E-state index is 9.08. The van der Waals surface area contributed by atoms with Crippen LogP contribution in [0.2, 0.25) is 0 Å². The molecule has 20 heavy (non-hydrogen) atoms. The molecule has 2 aromatic rings. The van der Waals surface area contributed by atoms with E-state index in [0.717, 1.165) is 11.1 Å². The van der Waals surface area contributed by atoms with Gasteiger partial charge in [-0.25, -0.2) is 0 Å². The SMILES string of the molecule is COc1cc(CO)ccc1OC/C=C/c1ccccc1. The highest BCUT2D eigenvalue weighted by atomic mass is 16.5. The molecule has 3 nitrogen and oxygen atoms in total. The number of ether oxygens (including phenoxy) is 2. The minimum absolute atomic E-state index is 0.00938. The molecular weight excluding hydrogens is 252 g/mol. The molecular formula is C17H18O3. The second-order valence-corrected chi connectivity index (χ2v) is 4.27. The first-order valence-electron chi connectivity index (χ1n) is 6.45. The summed E-state index contributed by atoms with van der Waals surface area (Å²) in [5.74, 6) is 1.30. The molecule has 0 unspecified atom stereocenters. The molecule has 0 aliphatic heterocycles. The highest BCUT2D eigenvalue weighted by Gasteiger charge is 2.04. The Morgan fingerprint density at radius 3 is 2.55 bits per heavy atom. The molecule has 2 aromatic carbocycles. The molecule has 0 aliphatic rings. The molecule has 0 amide bonds. The van der Waals surface area contributed by atoms with Crippen molar-refractivity contribution in [3.8, 4) is 11.5 Å². The van der Waals surface area contributed by atoms with Gasteiger partial charge in [0.1, 0.15) is 6.61 Å². The maximum Gasteiger partial charge on any atom is 0.161 e. The molecule has 0 saturated heterocycles. The number of aliphatic hydroxyl groups is 1. The van der Waals surface area contributed by atoms with Crippen molar-refractivity contribution in [1.29, 1.82) is 0 Å². The minimum atomic E-state index is -0.00938. The van der Waals surface area contributed by atoms with Crippen molar-refractivity contribution in [2.45, 2.75) is 6.61 Å². The Morgan fingerprint density at radius 1 is 1.05 bits per heavy atom. The van der Waals surface area contributed by atoms with Gasteiger partial charge in [-0.3, -0.25) is 0 Å². The first-order valence-corrected chi connectivity index (χ1v) is 6.45. The minimum Gasteiger partial charge on any atom is -0.493 e. The van der Waals surface area contributed by atoms with Crippen molar-refractivity contribution in [2.75, 3.05) is 13.7 Å². The second kappa shape index (κ2) is 7.36.